The average Bonchev–Trinajstić information content (AvgIpc) is 2.66. The van der Waals surface area contributed by atoms with E-state index in [2.05, 4.69) is 15.5 Å². The van der Waals surface area contributed by atoms with Crippen molar-refractivity contribution in [2.75, 3.05) is 38.2 Å². The Morgan fingerprint density at radius 3 is 3.00 bits per heavy atom. The van der Waals surface area contributed by atoms with Gasteiger partial charge in [-0.1, -0.05) is 0 Å². The summed E-state index contributed by atoms with van der Waals surface area (Å²) in [6.07, 6.45) is 0.586. The molecule has 0 radical (unpaired) electrons. The quantitative estimate of drug-likeness (QED) is 0.708. The molecule has 138 valence electrons. The number of hydrogen-bond acceptors (Lipinski definition) is 6. The van der Waals surface area contributed by atoms with Gasteiger partial charge in [0, 0.05) is 38.7 Å². The highest BCUT2D eigenvalue weighted by Gasteiger charge is 2.34. The topological polar surface area (TPSA) is 91.0 Å². The number of benzene rings is 1. The molecule has 8 nitrogen and oxygen atoms in total. The van der Waals surface area contributed by atoms with Crippen LogP contribution in [0.15, 0.2) is 18.2 Å². The number of likely N-dealkylation sites (N-methyl/N-ethyl adjacent to an activating group) is 1. The number of fused-ring (bicyclic) bond motifs is 3. The third-order valence-electron chi connectivity index (χ3n) is 5.30. The maximum atomic E-state index is 12.8. The smallest absolute Gasteiger partial charge is 0.254 e. The second-order valence-corrected chi connectivity index (χ2v) is 6.93. The van der Waals surface area contributed by atoms with Crippen molar-refractivity contribution in [2.24, 2.45) is 0 Å². The Kier molecular flexibility index (Phi) is 4.28. The van der Waals surface area contributed by atoms with Gasteiger partial charge in [-0.05, 0) is 24.6 Å². The van der Waals surface area contributed by atoms with E-state index >= 15 is 0 Å². The lowest BCUT2D eigenvalue weighted by molar-refractivity contribution is -0.136. The molecule has 26 heavy (non-hydrogen) atoms. The van der Waals surface area contributed by atoms with Crippen LogP contribution in [0.4, 0.5) is 5.69 Å². The zero-order valence-electron chi connectivity index (χ0n) is 14.7. The number of hydrogen-bond donors (Lipinski definition) is 2. The fourth-order valence-electron chi connectivity index (χ4n) is 3.81. The summed E-state index contributed by atoms with van der Waals surface area (Å²) in [7, 11) is 1.59. The summed E-state index contributed by atoms with van der Waals surface area (Å²) in [6.45, 7) is 3.30. The first-order valence-electron chi connectivity index (χ1n) is 8.89. The van der Waals surface area contributed by atoms with Gasteiger partial charge in [0.2, 0.25) is 11.8 Å². The van der Waals surface area contributed by atoms with E-state index in [1.54, 1.807) is 19.2 Å². The molecule has 8 heteroatoms. The maximum Gasteiger partial charge on any atom is 0.254 e. The Bertz CT molecular complexity index is 766. The van der Waals surface area contributed by atoms with E-state index in [1.807, 2.05) is 6.07 Å². The van der Waals surface area contributed by atoms with Crippen LogP contribution in [-0.4, -0.2) is 68.0 Å². The molecule has 0 saturated carbocycles. The molecular weight excluding hydrogens is 336 g/mol. The van der Waals surface area contributed by atoms with Gasteiger partial charge in [0.05, 0.1) is 11.7 Å². The van der Waals surface area contributed by atoms with Crippen molar-refractivity contribution < 1.29 is 19.1 Å². The number of rotatable bonds is 2. The molecule has 3 heterocycles. The molecule has 3 aliphatic rings. The summed E-state index contributed by atoms with van der Waals surface area (Å²) in [6, 6.07) is 5.12. The number of ether oxygens (including phenoxy) is 1. The normalized spacial score (nSPS) is 24.9. The third-order valence-corrected chi connectivity index (χ3v) is 5.30. The Labute approximate surface area is 151 Å². The molecule has 1 aromatic carbocycles. The fourth-order valence-corrected chi connectivity index (χ4v) is 3.81. The van der Waals surface area contributed by atoms with Crippen LogP contribution >= 0.6 is 0 Å². The van der Waals surface area contributed by atoms with Gasteiger partial charge in [0.25, 0.3) is 5.91 Å². The summed E-state index contributed by atoms with van der Waals surface area (Å²) in [5.74, 6) is -0.270. The standard InChI is InChI=1S/C18H22N4O4/c1-21(14-4-5-16(23)20-17(14)24)18(25)11-2-3-13-15(8-11)26-10-12-9-19-6-7-22(12)13/h2-3,8,12,14,19H,4-7,9-10H2,1H3,(H,20,23,24)/t12-,14?/m1/s1. The second-order valence-electron chi connectivity index (χ2n) is 6.93. The summed E-state index contributed by atoms with van der Waals surface area (Å²) < 4.78 is 5.87. The minimum atomic E-state index is -0.630. The Balaban J connectivity index is 1.54. The van der Waals surface area contributed by atoms with Gasteiger partial charge in [0.1, 0.15) is 18.4 Å². The lowest BCUT2D eigenvalue weighted by Crippen LogP contribution is -2.55. The molecule has 0 bridgehead atoms. The van der Waals surface area contributed by atoms with E-state index < -0.39 is 11.9 Å². The third kappa shape index (κ3) is 2.90. The van der Waals surface area contributed by atoms with Crippen molar-refractivity contribution >= 4 is 23.4 Å². The molecule has 1 unspecified atom stereocenters. The van der Waals surface area contributed by atoms with Crippen molar-refractivity contribution in [2.45, 2.75) is 24.9 Å². The van der Waals surface area contributed by atoms with Crippen molar-refractivity contribution in [1.29, 1.82) is 0 Å². The first-order valence-corrected chi connectivity index (χ1v) is 8.89. The molecule has 0 aromatic heterocycles. The van der Waals surface area contributed by atoms with Crippen LogP contribution in [0.25, 0.3) is 0 Å². The van der Waals surface area contributed by atoms with Crippen LogP contribution in [0, 0.1) is 0 Å². The van der Waals surface area contributed by atoms with Gasteiger partial charge in [-0.3, -0.25) is 19.7 Å². The number of piperidine rings is 1. The Morgan fingerprint density at radius 1 is 1.35 bits per heavy atom. The van der Waals surface area contributed by atoms with Gasteiger partial charge in [0.15, 0.2) is 0 Å². The largest absolute Gasteiger partial charge is 0.489 e. The van der Waals surface area contributed by atoms with Crippen molar-refractivity contribution in [3.63, 3.8) is 0 Å². The number of piperazine rings is 1. The predicted molar refractivity (Wildman–Crippen MR) is 94.2 cm³/mol. The van der Waals surface area contributed by atoms with Gasteiger partial charge in [-0.25, -0.2) is 0 Å². The highest BCUT2D eigenvalue weighted by Crippen LogP contribution is 2.35. The van der Waals surface area contributed by atoms with Crippen molar-refractivity contribution in [1.82, 2.24) is 15.5 Å². The van der Waals surface area contributed by atoms with Crippen LogP contribution in [0.5, 0.6) is 5.75 Å². The van der Waals surface area contributed by atoms with Crippen LogP contribution < -0.4 is 20.3 Å². The van der Waals surface area contributed by atoms with Crippen LogP contribution in [-0.2, 0) is 9.59 Å². The van der Waals surface area contributed by atoms with E-state index in [0.717, 1.165) is 25.3 Å². The van der Waals surface area contributed by atoms with Crippen molar-refractivity contribution in [3.8, 4) is 5.75 Å². The Morgan fingerprint density at radius 2 is 2.19 bits per heavy atom. The lowest BCUT2D eigenvalue weighted by Gasteiger charge is -2.42. The van der Waals surface area contributed by atoms with Gasteiger partial charge in [-0.15, -0.1) is 0 Å². The molecule has 2 N–H and O–H groups in total. The lowest BCUT2D eigenvalue weighted by atomic mass is 10.0. The first kappa shape index (κ1) is 16.8. The van der Waals surface area contributed by atoms with Crippen LogP contribution in [0.3, 0.4) is 0 Å². The minimum Gasteiger partial charge on any atom is -0.489 e. The van der Waals surface area contributed by atoms with E-state index in [4.69, 9.17) is 4.74 Å². The molecule has 3 amide bonds. The first-order chi connectivity index (χ1) is 12.5. The SMILES string of the molecule is CN(C(=O)c1ccc2c(c1)OC[C@H]1CNCCN21)C1CCC(=O)NC1=O. The van der Waals surface area contributed by atoms with E-state index in [0.29, 0.717) is 30.4 Å². The average molecular weight is 358 g/mol. The second kappa shape index (κ2) is 6.60. The molecule has 1 aromatic rings. The molecule has 0 aliphatic carbocycles. The van der Waals surface area contributed by atoms with Gasteiger partial charge >= 0.3 is 0 Å². The molecule has 2 fully saturated rings. The summed E-state index contributed by atoms with van der Waals surface area (Å²) in [5, 5.41) is 5.65. The summed E-state index contributed by atoms with van der Waals surface area (Å²) in [5.41, 5.74) is 1.48. The molecule has 2 saturated heterocycles. The van der Waals surface area contributed by atoms with Gasteiger partial charge < -0.3 is 19.9 Å². The number of carbonyl (C=O) groups excluding carboxylic acids is 3. The zero-order valence-corrected chi connectivity index (χ0v) is 14.7. The van der Waals surface area contributed by atoms with E-state index in [-0.39, 0.29) is 18.2 Å². The minimum absolute atomic E-state index is 0.242. The van der Waals surface area contributed by atoms with Crippen molar-refractivity contribution in [3.05, 3.63) is 23.8 Å². The molecule has 3 aliphatic heterocycles. The van der Waals surface area contributed by atoms with Crippen LogP contribution in [0.1, 0.15) is 23.2 Å². The van der Waals surface area contributed by atoms with Crippen LogP contribution in [0.2, 0.25) is 0 Å². The predicted octanol–water partition coefficient (Wildman–Crippen LogP) is -0.266. The molecule has 2 atom stereocenters. The Hall–Kier alpha value is -2.61. The highest BCUT2D eigenvalue weighted by molar-refractivity contribution is 6.04. The molecule has 0 spiro atoms. The maximum absolute atomic E-state index is 12.8. The highest BCUT2D eigenvalue weighted by atomic mass is 16.5. The number of nitrogens with zero attached hydrogens (tertiary/aromatic N) is 2. The molecular formula is C18H22N4O4. The fraction of sp³-hybridized carbons (Fsp3) is 0.500. The van der Waals surface area contributed by atoms with E-state index in [1.165, 1.54) is 4.90 Å². The summed E-state index contributed by atoms with van der Waals surface area (Å²) in [4.78, 5) is 39.8. The zero-order chi connectivity index (χ0) is 18.3. The molecule has 4 rings (SSSR count). The number of amides is 3. The summed E-state index contributed by atoms with van der Waals surface area (Å²) >= 11 is 0. The monoisotopic (exact) mass is 358 g/mol. The number of carbonyl (C=O) groups is 3. The number of anilines is 1. The number of imide groups is 1. The number of nitrogens with one attached hydrogen (secondary N) is 2. The van der Waals surface area contributed by atoms with E-state index in [9.17, 15) is 14.4 Å². The van der Waals surface area contributed by atoms with Gasteiger partial charge in [-0.2, -0.15) is 0 Å².